The van der Waals surface area contributed by atoms with Crippen molar-refractivity contribution in [3.05, 3.63) is 65.2 Å². The summed E-state index contributed by atoms with van der Waals surface area (Å²) >= 11 is 0. The Kier molecular flexibility index (Phi) is 5.34. The van der Waals surface area contributed by atoms with Crippen LogP contribution in [0.4, 0.5) is 0 Å². The number of nitrogens with zero attached hydrogens (tertiary/aromatic N) is 2. The van der Waals surface area contributed by atoms with Gasteiger partial charge in [-0.25, -0.2) is 0 Å². The van der Waals surface area contributed by atoms with E-state index >= 15 is 0 Å². The number of hydrogen-bond donors (Lipinski definition) is 0. The number of ether oxygens (including phenoxy) is 1. The van der Waals surface area contributed by atoms with E-state index < -0.39 is 0 Å². The molecule has 2 heterocycles. The topological polar surface area (TPSA) is 66.9 Å². The van der Waals surface area contributed by atoms with Crippen molar-refractivity contribution in [3.8, 4) is 5.75 Å². The molecule has 2 aromatic rings. The first-order chi connectivity index (χ1) is 14.1. The summed E-state index contributed by atoms with van der Waals surface area (Å²) in [6.07, 6.45) is 2.70. The molecule has 0 bridgehead atoms. The molecule has 4 rings (SSSR count). The molecule has 150 valence electrons. The molecule has 1 fully saturated rings. The molecule has 0 saturated carbocycles. The Morgan fingerprint density at radius 3 is 2.31 bits per heavy atom. The number of benzene rings is 2. The molecule has 6 nitrogen and oxygen atoms in total. The lowest BCUT2D eigenvalue weighted by atomic mass is 10.0. The van der Waals surface area contributed by atoms with Crippen molar-refractivity contribution in [1.29, 1.82) is 0 Å². The zero-order valence-electron chi connectivity index (χ0n) is 16.5. The van der Waals surface area contributed by atoms with Crippen LogP contribution in [-0.4, -0.2) is 47.7 Å². The quantitative estimate of drug-likeness (QED) is 0.707. The zero-order valence-corrected chi connectivity index (χ0v) is 16.5. The van der Waals surface area contributed by atoms with Gasteiger partial charge >= 0.3 is 0 Å². The fraction of sp³-hybridized carbons (Fsp3) is 0.348. The molecule has 0 unspecified atom stereocenters. The average Bonchev–Trinajstić information content (AvgIpc) is 3.33. The highest BCUT2D eigenvalue weighted by molar-refractivity contribution is 6.21. The number of carbonyl (C=O) groups is 3. The predicted molar refractivity (Wildman–Crippen MR) is 108 cm³/mol. The van der Waals surface area contributed by atoms with Crippen molar-refractivity contribution in [2.24, 2.45) is 0 Å². The van der Waals surface area contributed by atoms with Crippen molar-refractivity contribution >= 4 is 17.7 Å². The second-order valence-corrected chi connectivity index (χ2v) is 7.43. The van der Waals surface area contributed by atoms with Gasteiger partial charge in [0.1, 0.15) is 5.75 Å². The summed E-state index contributed by atoms with van der Waals surface area (Å²) in [6.45, 7) is 1.00. The zero-order chi connectivity index (χ0) is 20.4. The summed E-state index contributed by atoms with van der Waals surface area (Å²) in [5.41, 5.74) is 2.00. The van der Waals surface area contributed by atoms with E-state index in [0.717, 1.165) is 30.7 Å². The monoisotopic (exact) mass is 392 g/mol. The Hall–Kier alpha value is -3.15. The van der Waals surface area contributed by atoms with Crippen LogP contribution in [0.25, 0.3) is 0 Å². The van der Waals surface area contributed by atoms with E-state index in [1.807, 2.05) is 29.2 Å². The fourth-order valence-electron chi connectivity index (χ4n) is 4.21. The lowest BCUT2D eigenvalue weighted by Gasteiger charge is -2.25. The second kappa shape index (κ2) is 8.07. The van der Waals surface area contributed by atoms with E-state index in [1.54, 1.807) is 31.4 Å². The number of rotatable bonds is 6. The third-order valence-corrected chi connectivity index (χ3v) is 5.72. The molecule has 0 spiro atoms. The van der Waals surface area contributed by atoms with E-state index in [2.05, 4.69) is 0 Å². The van der Waals surface area contributed by atoms with Crippen molar-refractivity contribution in [2.45, 2.75) is 31.7 Å². The number of likely N-dealkylation sites (tertiary alicyclic amines) is 1. The Bertz CT molecular complexity index is 903. The minimum absolute atomic E-state index is 0.0694. The van der Waals surface area contributed by atoms with Crippen LogP contribution in [0, 0.1) is 0 Å². The molecule has 0 radical (unpaired) electrons. The van der Waals surface area contributed by atoms with Gasteiger partial charge in [-0.05, 0) is 49.1 Å². The van der Waals surface area contributed by atoms with Gasteiger partial charge in [-0.2, -0.15) is 0 Å². The number of imide groups is 1. The molecular formula is C23H24N2O4. The first-order valence-corrected chi connectivity index (χ1v) is 9.99. The molecule has 0 N–H and O–H groups in total. The number of methoxy groups -OCH3 is 1. The smallest absolute Gasteiger partial charge is 0.261 e. The van der Waals surface area contributed by atoms with E-state index in [-0.39, 0.29) is 30.3 Å². The lowest BCUT2D eigenvalue weighted by molar-refractivity contribution is -0.132. The van der Waals surface area contributed by atoms with Gasteiger partial charge in [0.25, 0.3) is 11.8 Å². The summed E-state index contributed by atoms with van der Waals surface area (Å²) < 4.78 is 5.21. The van der Waals surface area contributed by atoms with Crippen LogP contribution in [-0.2, 0) is 4.79 Å². The van der Waals surface area contributed by atoms with Crippen molar-refractivity contribution in [1.82, 2.24) is 9.80 Å². The predicted octanol–water partition coefficient (Wildman–Crippen LogP) is 3.44. The molecule has 2 aliphatic heterocycles. The number of carbonyl (C=O) groups excluding carboxylic acids is 3. The Morgan fingerprint density at radius 1 is 1.03 bits per heavy atom. The second-order valence-electron chi connectivity index (χ2n) is 7.43. The summed E-state index contributed by atoms with van der Waals surface area (Å²) in [6, 6.07) is 14.8. The number of amides is 3. The molecule has 2 aromatic carbocycles. The van der Waals surface area contributed by atoms with Gasteiger partial charge in [-0.3, -0.25) is 19.3 Å². The lowest BCUT2D eigenvalue weighted by Crippen LogP contribution is -2.33. The Morgan fingerprint density at radius 2 is 1.69 bits per heavy atom. The standard InChI is InChI=1S/C23H24N2O4/c1-29-17-12-10-16(11-13-17)20-8-4-14-24(20)21(26)9-5-15-25-22(27)18-6-2-3-7-19(18)23(25)28/h2-3,6-7,10-13,20H,4-5,8-9,14-15H2,1H3/t20-/m1/s1. The molecule has 0 aliphatic carbocycles. The maximum atomic E-state index is 12.8. The third kappa shape index (κ3) is 3.62. The van der Waals surface area contributed by atoms with Gasteiger partial charge in [-0.15, -0.1) is 0 Å². The number of fused-ring (bicyclic) bond motifs is 1. The van der Waals surface area contributed by atoms with Crippen LogP contribution >= 0.6 is 0 Å². The first-order valence-electron chi connectivity index (χ1n) is 9.99. The minimum atomic E-state index is -0.268. The maximum absolute atomic E-state index is 12.8. The highest BCUT2D eigenvalue weighted by atomic mass is 16.5. The van der Waals surface area contributed by atoms with Gasteiger partial charge in [0.05, 0.1) is 24.3 Å². The van der Waals surface area contributed by atoms with Gasteiger partial charge < -0.3 is 9.64 Å². The largest absolute Gasteiger partial charge is 0.497 e. The van der Waals surface area contributed by atoms with Gasteiger partial charge in [-0.1, -0.05) is 24.3 Å². The van der Waals surface area contributed by atoms with Gasteiger partial charge in [0.15, 0.2) is 0 Å². The summed E-state index contributed by atoms with van der Waals surface area (Å²) in [4.78, 5) is 40.8. The molecule has 29 heavy (non-hydrogen) atoms. The van der Waals surface area contributed by atoms with Crippen molar-refractivity contribution in [3.63, 3.8) is 0 Å². The normalized spacial score (nSPS) is 18.3. The van der Waals surface area contributed by atoms with E-state index in [0.29, 0.717) is 24.0 Å². The molecule has 1 atom stereocenters. The molecule has 6 heteroatoms. The van der Waals surface area contributed by atoms with Crippen LogP contribution in [0.2, 0.25) is 0 Å². The van der Waals surface area contributed by atoms with Crippen LogP contribution in [0.3, 0.4) is 0 Å². The number of hydrogen-bond acceptors (Lipinski definition) is 4. The van der Waals surface area contributed by atoms with Crippen LogP contribution in [0.1, 0.15) is 58.0 Å². The minimum Gasteiger partial charge on any atom is -0.497 e. The molecule has 0 aromatic heterocycles. The van der Waals surface area contributed by atoms with Crippen LogP contribution < -0.4 is 4.74 Å². The Balaban J connectivity index is 1.35. The van der Waals surface area contributed by atoms with Crippen molar-refractivity contribution < 1.29 is 19.1 Å². The van der Waals surface area contributed by atoms with Crippen LogP contribution in [0.15, 0.2) is 48.5 Å². The van der Waals surface area contributed by atoms with E-state index in [1.165, 1.54) is 4.90 Å². The van der Waals surface area contributed by atoms with Gasteiger partial charge in [0.2, 0.25) is 5.91 Å². The molecule has 2 aliphatic rings. The third-order valence-electron chi connectivity index (χ3n) is 5.72. The molecular weight excluding hydrogens is 368 g/mol. The van der Waals surface area contributed by atoms with E-state index in [4.69, 9.17) is 4.74 Å². The maximum Gasteiger partial charge on any atom is 0.261 e. The molecule has 1 saturated heterocycles. The van der Waals surface area contributed by atoms with Crippen LogP contribution in [0.5, 0.6) is 5.75 Å². The summed E-state index contributed by atoms with van der Waals surface area (Å²) in [5.74, 6) is 0.330. The SMILES string of the molecule is COc1ccc([C@H]2CCCN2C(=O)CCCN2C(=O)c3ccccc3C2=O)cc1. The van der Waals surface area contributed by atoms with Crippen molar-refractivity contribution in [2.75, 3.05) is 20.2 Å². The highest BCUT2D eigenvalue weighted by Crippen LogP contribution is 2.33. The summed E-state index contributed by atoms with van der Waals surface area (Å²) in [5, 5.41) is 0. The van der Waals surface area contributed by atoms with E-state index in [9.17, 15) is 14.4 Å². The first kappa shape index (κ1) is 19.2. The van der Waals surface area contributed by atoms with Gasteiger partial charge in [0, 0.05) is 19.5 Å². The molecule has 3 amide bonds. The Labute approximate surface area is 170 Å². The fourth-order valence-corrected chi connectivity index (χ4v) is 4.21. The highest BCUT2D eigenvalue weighted by Gasteiger charge is 2.35. The summed E-state index contributed by atoms with van der Waals surface area (Å²) in [7, 11) is 1.63. The average molecular weight is 392 g/mol.